The zero-order valence-electron chi connectivity index (χ0n) is 17.6. The van der Waals surface area contributed by atoms with E-state index in [0.29, 0.717) is 41.3 Å². The number of carbonyl (C=O) groups excluding carboxylic acids is 2. The second-order valence-corrected chi connectivity index (χ2v) is 7.27. The number of methoxy groups -OCH3 is 1. The molecule has 0 aliphatic rings. The highest BCUT2D eigenvalue weighted by atomic mass is 16.5. The number of rotatable bonds is 8. The molecule has 2 heterocycles. The molecule has 8 nitrogen and oxygen atoms in total. The first-order chi connectivity index (χ1) is 15.6. The SMILES string of the molecule is COCCCNC(=O)c1cccc(-c2nc3c(-c4ccc(C(N)=O)cc4)ccnc3[nH]2)c1. The van der Waals surface area contributed by atoms with Gasteiger partial charge in [0.05, 0.1) is 0 Å². The van der Waals surface area contributed by atoms with Crippen molar-refractivity contribution in [2.75, 3.05) is 20.3 Å². The lowest BCUT2D eigenvalue weighted by atomic mass is 10.0. The van der Waals surface area contributed by atoms with Crippen molar-refractivity contribution in [3.8, 4) is 22.5 Å². The number of hydrogen-bond acceptors (Lipinski definition) is 5. The number of ether oxygens (including phenoxy) is 1. The number of H-pyrrole nitrogens is 1. The van der Waals surface area contributed by atoms with Gasteiger partial charge in [0.15, 0.2) is 5.65 Å². The third kappa shape index (κ3) is 4.50. The van der Waals surface area contributed by atoms with Gasteiger partial charge in [-0.25, -0.2) is 9.97 Å². The van der Waals surface area contributed by atoms with Crippen LogP contribution < -0.4 is 11.1 Å². The largest absolute Gasteiger partial charge is 0.385 e. The fraction of sp³-hybridized carbons (Fsp3) is 0.167. The Labute approximate surface area is 184 Å². The molecule has 2 amide bonds. The normalized spacial score (nSPS) is 10.9. The lowest BCUT2D eigenvalue weighted by Gasteiger charge is -2.06. The fourth-order valence-electron chi connectivity index (χ4n) is 3.42. The number of hydrogen-bond donors (Lipinski definition) is 3. The summed E-state index contributed by atoms with van der Waals surface area (Å²) in [6.07, 6.45) is 2.45. The Hall–Kier alpha value is -4.04. The van der Waals surface area contributed by atoms with Crippen molar-refractivity contribution in [1.29, 1.82) is 0 Å². The van der Waals surface area contributed by atoms with Crippen molar-refractivity contribution in [2.45, 2.75) is 6.42 Å². The molecule has 32 heavy (non-hydrogen) atoms. The van der Waals surface area contributed by atoms with Crippen LogP contribution in [0.2, 0.25) is 0 Å². The Bertz CT molecular complexity index is 1260. The summed E-state index contributed by atoms with van der Waals surface area (Å²) in [4.78, 5) is 36.2. The molecule has 0 saturated heterocycles. The van der Waals surface area contributed by atoms with Crippen molar-refractivity contribution in [1.82, 2.24) is 20.3 Å². The summed E-state index contributed by atoms with van der Waals surface area (Å²) in [6.45, 7) is 1.14. The standard InChI is InChI=1S/C24H23N5O3/c1-32-13-3-11-27-24(31)18-5-2-4-17(14-18)22-28-20-19(10-12-26-23(20)29-22)15-6-8-16(9-7-15)21(25)30/h2,4-10,12,14H,3,11,13H2,1H3,(H2,25,30)(H,27,31)(H,26,28,29). The van der Waals surface area contributed by atoms with E-state index in [2.05, 4.69) is 15.3 Å². The number of fused-ring (bicyclic) bond motifs is 1. The van der Waals surface area contributed by atoms with Crippen molar-refractivity contribution in [3.05, 3.63) is 71.9 Å². The summed E-state index contributed by atoms with van der Waals surface area (Å²) < 4.78 is 5.00. The fourth-order valence-corrected chi connectivity index (χ4v) is 3.42. The zero-order chi connectivity index (χ0) is 22.5. The van der Waals surface area contributed by atoms with Gasteiger partial charge in [-0.05, 0) is 42.3 Å². The monoisotopic (exact) mass is 429 g/mol. The maximum Gasteiger partial charge on any atom is 0.251 e. The van der Waals surface area contributed by atoms with E-state index in [1.54, 1.807) is 37.6 Å². The predicted molar refractivity (Wildman–Crippen MR) is 122 cm³/mol. The number of nitrogens with one attached hydrogen (secondary N) is 2. The highest BCUT2D eigenvalue weighted by molar-refractivity contribution is 5.97. The van der Waals surface area contributed by atoms with E-state index in [4.69, 9.17) is 15.5 Å². The average Bonchev–Trinajstić information content (AvgIpc) is 3.26. The average molecular weight is 429 g/mol. The van der Waals surface area contributed by atoms with Crippen LogP contribution >= 0.6 is 0 Å². The number of carbonyl (C=O) groups is 2. The number of pyridine rings is 1. The van der Waals surface area contributed by atoms with Gasteiger partial charge in [-0.15, -0.1) is 0 Å². The van der Waals surface area contributed by atoms with E-state index in [0.717, 1.165) is 23.1 Å². The highest BCUT2D eigenvalue weighted by Gasteiger charge is 2.13. The number of amides is 2. The molecule has 0 atom stereocenters. The van der Waals surface area contributed by atoms with Gasteiger partial charge in [0.25, 0.3) is 5.91 Å². The molecular weight excluding hydrogens is 406 g/mol. The van der Waals surface area contributed by atoms with Crippen molar-refractivity contribution < 1.29 is 14.3 Å². The van der Waals surface area contributed by atoms with E-state index in [1.165, 1.54) is 0 Å². The Morgan fingerprint density at radius 2 is 1.88 bits per heavy atom. The second-order valence-electron chi connectivity index (χ2n) is 7.27. The van der Waals surface area contributed by atoms with Crippen molar-refractivity contribution >= 4 is 23.0 Å². The quantitative estimate of drug-likeness (QED) is 0.371. The van der Waals surface area contributed by atoms with Crippen LogP contribution in [0.15, 0.2) is 60.8 Å². The minimum absolute atomic E-state index is 0.146. The third-order valence-electron chi connectivity index (χ3n) is 5.07. The Kier molecular flexibility index (Phi) is 6.23. The van der Waals surface area contributed by atoms with Gasteiger partial charge in [-0.3, -0.25) is 9.59 Å². The molecule has 0 unspecified atom stereocenters. The molecular formula is C24H23N5O3. The molecule has 0 fully saturated rings. The van der Waals surface area contributed by atoms with Crippen molar-refractivity contribution in [2.24, 2.45) is 5.73 Å². The molecule has 2 aromatic carbocycles. The topological polar surface area (TPSA) is 123 Å². The third-order valence-corrected chi connectivity index (χ3v) is 5.07. The molecule has 2 aromatic heterocycles. The summed E-state index contributed by atoms with van der Waals surface area (Å²) in [7, 11) is 1.63. The van der Waals surface area contributed by atoms with Gasteiger partial charge in [0.1, 0.15) is 11.3 Å². The number of primary amides is 1. The summed E-state index contributed by atoms with van der Waals surface area (Å²) in [5, 5.41) is 2.89. The Morgan fingerprint density at radius 3 is 2.62 bits per heavy atom. The van der Waals surface area contributed by atoms with Crippen LogP contribution in [0.5, 0.6) is 0 Å². The van der Waals surface area contributed by atoms with Crippen LogP contribution in [0.1, 0.15) is 27.1 Å². The van der Waals surface area contributed by atoms with Crippen LogP contribution in [-0.2, 0) is 4.74 Å². The van der Waals surface area contributed by atoms with Gasteiger partial charge in [0, 0.05) is 48.7 Å². The maximum atomic E-state index is 12.5. The predicted octanol–water partition coefficient (Wildman–Crippen LogP) is 3.16. The molecule has 8 heteroatoms. The number of benzene rings is 2. The molecule has 4 aromatic rings. The molecule has 0 spiro atoms. The van der Waals surface area contributed by atoms with Gasteiger partial charge < -0.3 is 20.8 Å². The van der Waals surface area contributed by atoms with E-state index in [1.807, 2.05) is 30.3 Å². The highest BCUT2D eigenvalue weighted by Crippen LogP contribution is 2.29. The maximum absolute atomic E-state index is 12.5. The van der Waals surface area contributed by atoms with Crippen LogP contribution in [0.25, 0.3) is 33.7 Å². The summed E-state index contributed by atoms with van der Waals surface area (Å²) in [5.74, 6) is -0.00347. The Balaban J connectivity index is 1.63. The lowest BCUT2D eigenvalue weighted by molar-refractivity contribution is 0.0947. The van der Waals surface area contributed by atoms with Crippen molar-refractivity contribution in [3.63, 3.8) is 0 Å². The number of nitrogens with two attached hydrogens (primary N) is 1. The molecule has 0 aliphatic heterocycles. The molecule has 0 aliphatic carbocycles. The second kappa shape index (κ2) is 9.40. The van der Waals surface area contributed by atoms with Crippen LogP contribution in [0, 0.1) is 0 Å². The first-order valence-electron chi connectivity index (χ1n) is 10.2. The minimum atomic E-state index is -0.471. The van der Waals surface area contributed by atoms with E-state index in [9.17, 15) is 9.59 Å². The molecule has 4 N–H and O–H groups in total. The van der Waals surface area contributed by atoms with Gasteiger partial charge in [-0.2, -0.15) is 0 Å². The summed E-state index contributed by atoms with van der Waals surface area (Å²) in [5.41, 5.74) is 10.2. The zero-order valence-corrected chi connectivity index (χ0v) is 17.6. The number of aromatic amines is 1. The van der Waals surface area contributed by atoms with Crippen LogP contribution in [0.4, 0.5) is 0 Å². The molecule has 162 valence electrons. The first-order valence-corrected chi connectivity index (χ1v) is 10.2. The number of nitrogens with zero attached hydrogens (tertiary/aromatic N) is 2. The number of aromatic nitrogens is 3. The van der Waals surface area contributed by atoms with Crippen LogP contribution in [-0.4, -0.2) is 47.0 Å². The van der Waals surface area contributed by atoms with E-state index < -0.39 is 5.91 Å². The smallest absolute Gasteiger partial charge is 0.251 e. The molecule has 0 radical (unpaired) electrons. The number of imidazole rings is 1. The van der Waals surface area contributed by atoms with E-state index >= 15 is 0 Å². The molecule has 0 bridgehead atoms. The molecule has 0 saturated carbocycles. The Morgan fingerprint density at radius 1 is 1.06 bits per heavy atom. The lowest BCUT2D eigenvalue weighted by Crippen LogP contribution is -2.25. The van der Waals surface area contributed by atoms with Gasteiger partial charge in [0.2, 0.25) is 5.91 Å². The van der Waals surface area contributed by atoms with Crippen LogP contribution in [0.3, 0.4) is 0 Å². The van der Waals surface area contributed by atoms with Gasteiger partial charge in [-0.1, -0.05) is 24.3 Å². The van der Waals surface area contributed by atoms with E-state index in [-0.39, 0.29) is 5.91 Å². The van der Waals surface area contributed by atoms with Gasteiger partial charge >= 0.3 is 0 Å². The molecule has 4 rings (SSSR count). The summed E-state index contributed by atoms with van der Waals surface area (Å²) in [6, 6.07) is 16.2. The summed E-state index contributed by atoms with van der Waals surface area (Å²) >= 11 is 0. The minimum Gasteiger partial charge on any atom is -0.385 e. The first kappa shape index (κ1) is 21.2.